The Bertz CT molecular complexity index is 1030. The number of nitrogens with one attached hydrogen (secondary N) is 1. The van der Waals surface area contributed by atoms with Crippen LogP contribution in [0, 0.1) is 19.8 Å². The third kappa shape index (κ3) is 5.10. The molecule has 2 saturated heterocycles. The van der Waals surface area contributed by atoms with Crippen molar-refractivity contribution in [3.63, 3.8) is 0 Å². The molecule has 4 rings (SSSR count). The summed E-state index contributed by atoms with van der Waals surface area (Å²) in [7, 11) is 0. The first kappa shape index (κ1) is 23.0. The van der Waals surface area contributed by atoms with E-state index < -0.39 is 0 Å². The van der Waals surface area contributed by atoms with Gasteiger partial charge >= 0.3 is 0 Å². The lowest BCUT2D eigenvalue weighted by atomic mass is 10.0. The van der Waals surface area contributed by atoms with E-state index >= 15 is 0 Å². The van der Waals surface area contributed by atoms with Crippen molar-refractivity contribution in [1.82, 2.24) is 15.1 Å². The van der Waals surface area contributed by atoms with Crippen LogP contribution in [0.15, 0.2) is 48.5 Å². The monoisotopic (exact) mass is 447 g/mol. The summed E-state index contributed by atoms with van der Waals surface area (Å²) in [5.74, 6) is -0.293. The molecule has 2 heterocycles. The third-order valence-electron chi connectivity index (χ3n) is 7.16. The van der Waals surface area contributed by atoms with Gasteiger partial charge in [-0.15, -0.1) is 0 Å². The fourth-order valence-corrected chi connectivity index (χ4v) is 4.80. The summed E-state index contributed by atoms with van der Waals surface area (Å²) >= 11 is 0. The molecule has 33 heavy (non-hydrogen) atoms. The van der Waals surface area contributed by atoms with Gasteiger partial charge in [-0.25, -0.2) is 0 Å². The molecule has 0 bridgehead atoms. The second kappa shape index (κ2) is 9.77. The number of likely N-dealkylation sites (tertiary alicyclic amines) is 2. The predicted octanol–water partition coefficient (Wildman–Crippen LogP) is 3.63. The molecule has 2 aliphatic heterocycles. The SMILES string of the molecule is Cc1ccc(C(=O)N2CCC(NC(=O)C3CC(=O)N(C(C)c4ccccc4)C3)CC2)cc1C. The number of carbonyl (C=O) groups is 3. The van der Waals surface area contributed by atoms with E-state index in [4.69, 9.17) is 0 Å². The molecular weight excluding hydrogens is 414 g/mol. The Balaban J connectivity index is 1.28. The largest absolute Gasteiger partial charge is 0.353 e. The molecule has 0 aromatic heterocycles. The molecule has 0 spiro atoms. The molecule has 2 fully saturated rings. The summed E-state index contributed by atoms with van der Waals surface area (Å²) in [6, 6.07) is 15.7. The normalized spacial score (nSPS) is 20.1. The molecule has 174 valence electrons. The number of aryl methyl sites for hydroxylation is 2. The van der Waals surface area contributed by atoms with Gasteiger partial charge in [0.25, 0.3) is 5.91 Å². The zero-order chi connectivity index (χ0) is 23.5. The van der Waals surface area contributed by atoms with Crippen molar-refractivity contribution < 1.29 is 14.4 Å². The minimum absolute atomic E-state index is 0.0281. The molecule has 0 radical (unpaired) electrons. The Morgan fingerprint density at radius 2 is 1.70 bits per heavy atom. The van der Waals surface area contributed by atoms with Gasteiger partial charge in [-0.3, -0.25) is 14.4 Å². The van der Waals surface area contributed by atoms with Crippen molar-refractivity contribution >= 4 is 17.7 Å². The van der Waals surface area contributed by atoms with Crippen LogP contribution in [0.3, 0.4) is 0 Å². The molecule has 2 aliphatic rings. The first-order valence-corrected chi connectivity index (χ1v) is 11.8. The number of benzene rings is 2. The highest BCUT2D eigenvalue weighted by molar-refractivity contribution is 5.94. The summed E-state index contributed by atoms with van der Waals surface area (Å²) < 4.78 is 0. The van der Waals surface area contributed by atoms with E-state index in [9.17, 15) is 14.4 Å². The quantitative estimate of drug-likeness (QED) is 0.761. The van der Waals surface area contributed by atoms with Gasteiger partial charge < -0.3 is 15.1 Å². The maximum absolute atomic E-state index is 12.9. The first-order chi connectivity index (χ1) is 15.8. The molecule has 2 aromatic carbocycles. The third-order valence-corrected chi connectivity index (χ3v) is 7.16. The highest BCUT2D eigenvalue weighted by Gasteiger charge is 2.38. The van der Waals surface area contributed by atoms with Crippen LogP contribution in [0.2, 0.25) is 0 Å². The maximum Gasteiger partial charge on any atom is 0.253 e. The van der Waals surface area contributed by atoms with Crippen LogP contribution in [0.5, 0.6) is 0 Å². The summed E-state index contributed by atoms with van der Waals surface area (Å²) in [6.07, 6.45) is 1.72. The Morgan fingerprint density at radius 1 is 1.00 bits per heavy atom. The van der Waals surface area contributed by atoms with Crippen LogP contribution in [-0.2, 0) is 9.59 Å². The van der Waals surface area contributed by atoms with Crippen LogP contribution >= 0.6 is 0 Å². The standard InChI is InChI=1S/C27H33N3O3/c1-18-9-10-22(15-19(18)2)27(33)29-13-11-24(12-14-29)28-26(32)23-16-25(31)30(17-23)20(3)21-7-5-4-6-8-21/h4-10,15,20,23-24H,11-14,16-17H2,1-3H3,(H,28,32). The second-order valence-corrected chi connectivity index (χ2v) is 9.41. The molecular formula is C27H33N3O3. The maximum atomic E-state index is 12.9. The fourth-order valence-electron chi connectivity index (χ4n) is 4.80. The highest BCUT2D eigenvalue weighted by atomic mass is 16.2. The van der Waals surface area contributed by atoms with Gasteiger partial charge in [0, 0.05) is 37.7 Å². The molecule has 3 amide bonds. The summed E-state index contributed by atoms with van der Waals surface area (Å²) in [5, 5.41) is 3.14. The van der Waals surface area contributed by atoms with E-state index in [1.807, 2.05) is 79.1 Å². The molecule has 0 saturated carbocycles. The lowest BCUT2D eigenvalue weighted by molar-refractivity contribution is -0.130. The topological polar surface area (TPSA) is 69.7 Å². The molecule has 2 atom stereocenters. The Kier molecular flexibility index (Phi) is 6.82. The van der Waals surface area contributed by atoms with Crippen molar-refractivity contribution in [3.05, 3.63) is 70.8 Å². The van der Waals surface area contributed by atoms with Crippen molar-refractivity contribution in [3.8, 4) is 0 Å². The smallest absolute Gasteiger partial charge is 0.253 e. The number of hydrogen-bond acceptors (Lipinski definition) is 3. The van der Waals surface area contributed by atoms with Crippen LogP contribution in [0.4, 0.5) is 0 Å². The summed E-state index contributed by atoms with van der Waals surface area (Å²) in [6.45, 7) is 7.76. The van der Waals surface area contributed by atoms with Crippen molar-refractivity contribution in [1.29, 1.82) is 0 Å². The zero-order valence-electron chi connectivity index (χ0n) is 19.7. The van der Waals surface area contributed by atoms with E-state index in [2.05, 4.69) is 5.32 Å². The minimum atomic E-state index is -0.321. The van der Waals surface area contributed by atoms with Gasteiger partial charge in [0.1, 0.15) is 0 Å². The number of carbonyl (C=O) groups excluding carboxylic acids is 3. The van der Waals surface area contributed by atoms with E-state index in [-0.39, 0.29) is 42.1 Å². The van der Waals surface area contributed by atoms with E-state index in [1.165, 1.54) is 5.56 Å². The Hall–Kier alpha value is -3.15. The van der Waals surface area contributed by atoms with Gasteiger partial charge in [0.15, 0.2) is 0 Å². The highest BCUT2D eigenvalue weighted by Crippen LogP contribution is 2.29. The number of rotatable bonds is 5. The van der Waals surface area contributed by atoms with Gasteiger partial charge in [0.05, 0.1) is 12.0 Å². The van der Waals surface area contributed by atoms with Gasteiger partial charge in [-0.2, -0.15) is 0 Å². The van der Waals surface area contributed by atoms with Crippen LogP contribution in [0.1, 0.15) is 59.3 Å². The molecule has 2 aromatic rings. The average molecular weight is 448 g/mol. The van der Waals surface area contributed by atoms with E-state index in [0.717, 1.165) is 29.5 Å². The van der Waals surface area contributed by atoms with Crippen molar-refractivity contribution in [2.24, 2.45) is 5.92 Å². The van der Waals surface area contributed by atoms with Crippen molar-refractivity contribution in [2.75, 3.05) is 19.6 Å². The Morgan fingerprint density at radius 3 is 2.36 bits per heavy atom. The summed E-state index contributed by atoms with van der Waals surface area (Å²) in [4.78, 5) is 42.0. The van der Waals surface area contributed by atoms with Crippen molar-refractivity contribution in [2.45, 2.75) is 52.1 Å². The second-order valence-electron chi connectivity index (χ2n) is 9.41. The zero-order valence-corrected chi connectivity index (χ0v) is 19.7. The fraction of sp³-hybridized carbons (Fsp3) is 0.444. The number of hydrogen-bond donors (Lipinski definition) is 1. The average Bonchev–Trinajstić information content (AvgIpc) is 3.22. The van der Waals surface area contributed by atoms with Crippen LogP contribution in [0.25, 0.3) is 0 Å². The molecule has 2 unspecified atom stereocenters. The van der Waals surface area contributed by atoms with Gasteiger partial charge in [0.2, 0.25) is 11.8 Å². The van der Waals surface area contributed by atoms with E-state index in [1.54, 1.807) is 0 Å². The summed E-state index contributed by atoms with van der Waals surface area (Å²) in [5.41, 5.74) is 4.09. The number of piperidine rings is 1. The Labute approximate surface area is 196 Å². The first-order valence-electron chi connectivity index (χ1n) is 11.8. The lowest BCUT2D eigenvalue weighted by Crippen LogP contribution is -2.48. The lowest BCUT2D eigenvalue weighted by Gasteiger charge is -2.33. The van der Waals surface area contributed by atoms with Gasteiger partial charge in [-0.1, -0.05) is 36.4 Å². The molecule has 0 aliphatic carbocycles. The van der Waals surface area contributed by atoms with Crippen LogP contribution < -0.4 is 5.32 Å². The number of amides is 3. The van der Waals surface area contributed by atoms with Gasteiger partial charge in [-0.05, 0) is 62.4 Å². The van der Waals surface area contributed by atoms with E-state index in [0.29, 0.717) is 19.6 Å². The number of nitrogens with zero attached hydrogens (tertiary/aromatic N) is 2. The predicted molar refractivity (Wildman–Crippen MR) is 128 cm³/mol. The van der Waals surface area contributed by atoms with Crippen LogP contribution in [-0.4, -0.2) is 53.2 Å². The molecule has 1 N–H and O–H groups in total. The minimum Gasteiger partial charge on any atom is -0.353 e. The molecule has 6 heteroatoms. The molecule has 6 nitrogen and oxygen atoms in total.